The molecule has 0 saturated heterocycles. The summed E-state index contributed by atoms with van der Waals surface area (Å²) in [6, 6.07) is 11.6. The van der Waals surface area contributed by atoms with Crippen LogP contribution in [-0.4, -0.2) is 39.4 Å². The Morgan fingerprint density at radius 1 is 1.07 bits per heavy atom. The molecule has 0 bridgehead atoms. The van der Waals surface area contributed by atoms with Gasteiger partial charge in [-0.15, -0.1) is 0 Å². The first-order valence-corrected chi connectivity index (χ1v) is 10.5. The van der Waals surface area contributed by atoms with Crippen LogP contribution in [0, 0.1) is 0 Å². The largest absolute Gasteiger partial charge is 0.355 e. The van der Waals surface area contributed by atoms with E-state index in [-0.39, 0.29) is 17.3 Å². The first-order chi connectivity index (χ1) is 12.6. The number of nitrogens with two attached hydrogens (primary N) is 1. The summed E-state index contributed by atoms with van der Waals surface area (Å²) >= 11 is 12.0. The number of hydrogen-bond donors (Lipinski definition) is 2. The number of nitrogens with one attached hydrogen (secondary N) is 1. The zero-order chi connectivity index (χ0) is 20.0. The average molecular weight is 430 g/mol. The van der Waals surface area contributed by atoms with Crippen molar-refractivity contribution in [2.24, 2.45) is 5.14 Å². The van der Waals surface area contributed by atoms with Gasteiger partial charge in [0.25, 0.3) is 0 Å². The molecule has 146 valence electrons. The third-order valence-corrected chi connectivity index (χ3v) is 5.14. The summed E-state index contributed by atoms with van der Waals surface area (Å²) in [6.45, 7) is 1.22. The fourth-order valence-corrected chi connectivity index (χ4v) is 3.65. The van der Waals surface area contributed by atoms with Crippen LogP contribution in [0.2, 0.25) is 10.0 Å². The van der Waals surface area contributed by atoms with Crippen LogP contribution in [0.15, 0.2) is 47.4 Å². The molecule has 6 nitrogen and oxygen atoms in total. The number of rotatable bonds is 8. The molecule has 0 heterocycles. The lowest BCUT2D eigenvalue weighted by atomic mass is 10.1. The summed E-state index contributed by atoms with van der Waals surface area (Å²) in [7, 11) is -1.86. The predicted octanol–water partition coefficient (Wildman–Crippen LogP) is 2.43. The Balaban J connectivity index is 1.77. The van der Waals surface area contributed by atoms with E-state index in [0.717, 1.165) is 11.1 Å². The van der Waals surface area contributed by atoms with Crippen LogP contribution in [0.4, 0.5) is 0 Å². The first kappa shape index (κ1) is 21.7. The van der Waals surface area contributed by atoms with Gasteiger partial charge in [-0.3, -0.25) is 9.69 Å². The van der Waals surface area contributed by atoms with E-state index in [2.05, 4.69) is 5.32 Å². The van der Waals surface area contributed by atoms with E-state index in [1.54, 1.807) is 18.2 Å². The van der Waals surface area contributed by atoms with E-state index >= 15 is 0 Å². The molecule has 0 radical (unpaired) electrons. The van der Waals surface area contributed by atoms with Crippen molar-refractivity contribution in [3.8, 4) is 0 Å². The van der Waals surface area contributed by atoms with Gasteiger partial charge in [-0.25, -0.2) is 13.6 Å². The molecule has 3 N–H and O–H groups in total. The van der Waals surface area contributed by atoms with E-state index in [1.165, 1.54) is 12.1 Å². The molecule has 0 unspecified atom stereocenters. The van der Waals surface area contributed by atoms with Gasteiger partial charge in [0.05, 0.1) is 11.4 Å². The smallest absolute Gasteiger partial charge is 0.238 e. The Bertz CT molecular complexity index is 882. The molecular weight excluding hydrogens is 409 g/mol. The zero-order valence-electron chi connectivity index (χ0n) is 14.8. The number of amides is 1. The van der Waals surface area contributed by atoms with Crippen LogP contribution < -0.4 is 10.5 Å². The maximum Gasteiger partial charge on any atom is 0.238 e. The SMILES string of the molecule is CN(CC(=O)NCCc1ccc(S(N)(=O)=O)cc1)Cc1cc(Cl)cc(Cl)c1. The van der Waals surface area contributed by atoms with Gasteiger partial charge in [-0.05, 0) is 54.9 Å². The molecule has 2 aromatic rings. The van der Waals surface area contributed by atoms with Crippen LogP contribution in [0.1, 0.15) is 11.1 Å². The number of benzene rings is 2. The standard InChI is InChI=1S/C18H21Cl2N3O3S/c1-23(11-14-8-15(19)10-16(20)9-14)12-18(24)22-7-6-13-2-4-17(5-3-13)27(21,25)26/h2-5,8-10H,6-7,11-12H2,1H3,(H,22,24)(H2,21,25,26). The normalized spacial score (nSPS) is 11.6. The van der Waals surface area contributed by atoms with Crippen molar-refractivity contribution in [1.82, 2.24) is 10.2 Å². The summed E-state index contributed by atoms with van der Waals surface area (Å²) in [6.07, 6.45) is 0.588. The molecular formula is C18H21Cl2N3O3S. The third-order valence-electron chi connectivity index (χ3n) is 3.78. The van der Waals surface area contributed by atoms with Crippen LogP contribution in [0.3, 0.4) is 0 Å². The maximum absolute atomic E-state index is 12.1. The quantitative estimate of drug-likeness (QED) is 0.673. The lowest BCUT2D eigenvalue weighted by Gasteiger charge is -2.17. The van der Waals surface area contributed by atoms with Crippen molar-refractivity contribution in [2.45, 2.75) is 17.9 Å². The molecule has 2 rings (SSSR count). The van der Waals surface area contributed by atoms with E-state index < -0.39 is 10.0 Å². The van der Waals surface area contributed by atoms with Crippen molar-refractivity contribution < 1.29 is 13.2 Å². The van der Waals surface area contributed by atoms with Crippen molar-refractivity contribution in [2.75, 3.05) is 20.1 Å². The fraction of sp³-hybridized carbons (Fsp3) is 0.278. The summed E-state index contributed by atoms with van der Waals surface area (Å²) in [5, 5.41) is 9.02. The summed E-state index contributed by atoms with van der Waals surface area (Å²) < 4.78 is 22.4. The van der Waals surface area contributed by atoms with Gasteiger partial charge in [-0.2, -0.15) is 0 Å². The van der Waals surface area contributed by atoms with Crippen LogP contribution in [0.25, 0.3) is 0 Å². The lowest BCUT2D eigenvalue weighted by molar-refractivity contribution is -0.122. The number of nitrogens with zero attached hydrogens (tertiary/aromatic N) is 1. The second-order valence-corrected chi connectivity index (χ2v) is 8.67. The molecule has 27 heavy (non-hydrogen) atoms. The maximum atomic E-state index is 12.1. The van der Waals surface area contributed by atoms with Gasteiger partial charge in [0.1, 0.15) is 0 Å². The third kappa shape index (κ3) is 7.48. The minimum absolute atomic E-state index is 0.0676. The van der Waals surface area contributed by atoms with E-state index in [1.807, 2.05) is 24.1 Å². The van der Waals surface area contributed by atoms with E-state index in [4.69, 9.17) is 28.3 Å². The highest BCUT2D eigenvalue weighted by Gasteiger charge is 2.09. The first-order valence-electron chi connectivity index (χ1n) is 8.15. The van der Waals surface area contributed by atoms with Crippen molar-refractivity contribution in [3.05, 3.63) is 63.6 Å². The molecule has 9 heteroatoms. The van der Waals surface area contributed by atoms with Gasteiger partial charge in [0.15, 0.2) is 0 Å². The number of carbonyl (C=O) groups excluding carboxylic acids is 1. The summed E-state index contributed by atoms with van der Waals surface area (Å²) in [5.74, 6) is -0.105. The monoisotopic (exact) mass is 429 g/mol. The number of halogens is 2. The van der Waals surface area contributed by atoms with Gasteiger partial charge < -0.3 is 5.32 Å². The van der Waals surface area contributed by atoms with E-state index in [9.17, 15) is 13.2 Å². The van der Waals surface area contributed by atoms with Crippen molar-refractivity contribution >= 4 is 39.1 Å². The van der Waals surface area contributed by atoms with Gasteiger partial charge in [-0.1, -0.05) is 35.3 Å². The molecule has 0 aromatic heterocycles. The molecule has 1 amide bonds. The fourth-order valence-electron chi connectivity index (χ4n) is 2.56. The Labute approximate surface area is 169 Å². The van der Waals surface area contributed by atoms with Crippen molar-refractivity contribution in [1.29, 1.82) is 0 Å². The minimum atomic E-state index is -3.69. The number of primary sulfonamides is 1. The lowest BCUT2D eigenvalue weighted by Crippen LogP contribution is -2.35. The van der Waals surface area contributed by atoms with Gasteiger partial charge in [0.2, 0.25) is 15.9 Å². The second-order valence-electron chi connectivity index (χ2n) is 6.24. The van der Waals surface area contributed by atoms with Crippen LogP contribution in [-0.2, 0) is 27.8 Å². The van der Waals surface area contributed by atoms with Gasteiger partial charge in [0, 0.05) is 23.1 Å². The van der Waals surface area contributed by atoms with Gasteiger partial charge >= 0.3 is 0 Å². The minimum Gasteiger partial charge on any atom is -0.355 e. The summed E-state index contributed by atoms with van der Waals surface area (Å²) in [5.41, 5.74) is 1.84. The molecule has 0 fully saturated rings. The van der Waals surface area contributed by atoms with Crippen LogP contribution >= 0.6 is 23.2 Å². The Hall–Kier alpha value is -1.64. The molecule has 0 saturated carbocycles. The molecule has 0 spiro atoms. The highest BCUT2D eigenvalue weighted by atomic mass is 35.5. The Morgan fingerprint density at radius 2 is 1.67 bits per heavy atom. The zero-order valence-corrected chi connectivity index (χ0v) is 17.1. The van der Waals surface area contributed by atoms with Crippen LogP contribution in [0.5, 0.6) is 0 Å². The second kappa shape index (κ2) is 9.52. The number of likely N-dealkylation sites (N-methyl/N-ethyl adjacent to an activating group) is 1. The molecule has 0 atom stereocenters. The molecule has 0 aliphatic heterocycles. The molecule has 0 aliphatic rings. The topological polar surface area (TPSA) is 92.5 Å². The molecule has 2 aromatic carbocycles. The number of hydrogen-bond acceptors (Lipinski definition) is 4. The molecule has 0 aliphatic carbocycles. The average Bonchev–Trinajstić information content (AvgIpc) is 2.53. The Kier molecular flexibility index (Phi) is 7.64. The summed E-state index contributed by atoms with van der Waals surface area (Å²) in [4.78, 5) is 14.0. The van der Waals surface area contributed by atoms with E-state index in [0.29, 0.717) is 29.6 Å². The highest BCUT2D eigenvalue weighted by molar-refractivity contribution is 7.89. The number of carbonyl (C=O) groups is 1. The number of sulfonamides is 1. The predicted molar refractivity (Wildman–Crippen MR) is 107 cm³/mol. The highest BCUT2D eigenvalue weighted by Crippen LogP contribution is 2.19. The Morgan fingerprint density at radius 3 is 2.22 bits per heavy atom. The van der Waals surface area contributed by atoms with Crippen molar-refractivity contribution in [3.63, 3.8) is 0 Å².